The summed E-state index contributed by atoms with van der Waals surface area (Å²) in [6.07, 6.45) is 1.63. The number of nitrogens with two attached hydrogens (primary N) is 1. The average molecular weight is 371 g/mol. The van der Waals surface area contributed by atoms with Crippen LogP contribution in [0, 0.1) is 0 Å². The number of aromatic amines is 1. The van der Waals surface area contributed by atoms with Crippen LogP contribution in [0.5, 0.6) is 0 Å². The van der Waals surface area contributed by atoms with Crippen LogP contribution in [0.3, 0.4) is 0 Å². The lowest BCUT2D eigenvalue weighted by molar-refractivity contribution is 0.751. The van der Waals surface area contributed by atoms with Crippen LogP contribution in [0.25, 0.3) is 11.2 Å². The van der Waals surface area contributed by atoms with Gasteiger partial charge in [0.15, 0.2) is 11.5 Å². The molecule has 0 saturated heterocycles. The maximum Gasteiger partial charge on any atom is 0.224 e. The lowest BCUT2D eigenvalue weighted by Gasteiger charge is -2.25. The molecule has 2 aromatic heterocycles. The van der Waals surface area contributed by atoms with Gasteiger partial charge in [0.05, 0.1) is 6.33 Å². The van der Waals surface area contributed by atoms with Gasteiger partial charge in [-0.3, -0.25) is 0 Å². The number of aromatic nitrogens is 4. The molecule has 0 spiro atoms. The number of fused-ring (bicyclic) bond motifs is 2. The summed E-state index contributed by atoms with van der Waals surface area (Å²) in [5.74, 6) is 1.05. The van der Waals surface area contributed by atoms with Crippen molar-refractivity contribution in [1.82, 2.24) is 19.9 Å². The van der Waals surface area contributed by atoms with E-state index in [0.717, 1.165) is 37.5 Å². The SMILES string of the molecule is Nc1nc(N2CCN(Cc3ccccc3)c3ccccc3C2)c2[nH]cnc2n1. The summed E-state index contributed by atoms with van der Waals surface area (Å²) in [4.78, 5) is 20.8. The Balaban J connectivity index is 1.52. The number of imidazole rings is 1. The Bertz CT molecular complexity index is 1110. The molecule has 3 N–H and O–H groups in total. The highest BCUT2D eigenvalue weighted by Gasteiger charge is 2.23. The van der Waals surface area contributed by atoms with Crippen molar-refractivity contribution in [2.75, 3.05) is 28.6 Å². The summed E-state index contributed by atoms with van der Waals surface area (Å²) in [6, 6.07) is 19.1. The third kappa shape index (κ3) is 3.00. The second-order valence-corrected chi connectivity index (χ2v) is 6.96. The number of rotatable bonds is 3. The fourth-order valence-electron chi connectivity index (χ4n) is 3.81. The van der Waals surface area contributed by atoms with Crippen molar-refractivity contribution < 1.29 is 0 Å². The summed E-state index contributed by atoms with van der Waals surface area (Å²) in [7, 11) is 0. The first-order chi connectivity index (χ1) is 13.8. The highest BCUT2D eigenvalue weighted by molar-refractivity contribution is 5.84. The van der Waals surface area contributed by atoms with E-state index in [1.807, 2.05) is 0 Å². The first kappa shape index (κ1) is 16.6. The molecule has 0 amide bonds. The first-order valence-corrected chi connectivity index (χ1v) is 9.36. The fraction of sp³-hybridized carbons (Fsp3) is 0.190. The minimum absolute atomic E-state index is 0.244. The predicted molar refractivity (Wildman–Crippen MR) is 111 cm³/mol. The monoisotopic (exact) mass is 371 g/mol. The van der Waals surface area contributed by atoms with E-state index in [1.54, 1.807) is 6.33 Å². The van der Waals surface area contributed by atoms with Gasteiger partial charge in [-0.25, -0.2) is 4.98 Å². The Labute approximate surface area is 162 Å². The van der Waals surface area contributed by atoms with Gasteiger partial charge in [0, 0.05) is 31.9 Å². The second-order valence-electron chi connectivity index (χ2n) is 6.96. The van der Waals surface area contributed by atoms with E-state index < -0.39 is 0 Å². The number of hydrogen-bond acceptors (Lipinski definition) is 6. The number of nitrogen functional groups attached to an aromatic ring is 1. The van der Waals surface area contributed by atoms with Crippen molar-refractivity contribution in [3.05, 3.63) is 72.1 Å². The molecular formula is C21H21N7. The van der Waals surface area contributed by atoms with Gasteiger partial charge in [0.25, 0.3) is 0 Å². The molecule has 0 bridgehead atoms. The van der Waals surface area contributed by atoms with Crippen LogP contribution >= 0.6 is 0 Å². The summed E-state index contributed by atoms with van der Waals surface area (Å²) in [5, 5.41) is 0. The molecule has 0 saturated carbocycles. The average Bonchev–Trinajstić information content (AvgIpc) is 3.11. The third-order valence-electron chi connectivity index (χ3n) is 5.13. The third-order valence-corrected chi connectivity index (χ3v) is 5.13. The second kappa shape index (κ2) is 6.84. The molecule has 7 heteroatoms. The minimum Gasteiger partial charge on any atom is -0.368 e. The van der Waals surface area contributed by atoms with E-state index in [-0.39, 0.29) is 5.95 Å². The van der Waals surface area contributed by atoms with Gasteiger partial charge in [-0.2, -0.15) is 9.97 Å². The standard InChI is InChI=1S/C21H21N7/c22-21-25-19-18(23-14-24-19)20(26-21)28-11-10-27(12-15-6-2-1-3-7-15)17-9-5-4-8-16(17)13-28/h1-9,14H,10-13H2,(H3,22,23,24,25,26). The largest absolute Gasteiger partial charge is 0.368 e. The van der Waals surface area contributed by atoms with Gasteiger partial charge < -0.3 is 20.5 Å². The Kier molecular flexibility index (Phi) is 4.05. The molecule has 140 valence electrons. The summed E-state index contributed by atoms with van der Waals surface area (Å²) in [6.45, 7) is 3.33. The summed E-state index contributed by atoms with van der Waals surface area (Å²) in [5.41, 5.74) is 11.2. The van der Waals surface area contributed by atoms with Crippen LogP contribution in [-0.2, 0) is 13.1 Å². The van der Waals surface area contributed by atoms with Crippen LogP contribution in [-0.4, -0.2) is 33.0 Å². The predicted octanol–water partition coefficient (Wildman–Crippen LogP) is 2.96. The first-order valence-electron chi connectivity index (χ1n) is 9.36. The zero-order valence-corrected chi connectivity index (χ0v) is 15.4. The molecule has 5 rings (SSSR count). The molecular weight excluding hydrogens is 350 g/mol. The highest BCUT2D eigenvalue weighted by atomic mass is 15.3. The molecule has 4 aromatic rings. The van der Waals surface area contributed by atoms with Crippen LogP contribution in [0.2, 0.25) is 0 Å². The quantitative estimate of drug-likeness (QED) is 0.576. The molecule has 1 aliphatic rings. The molecule has 0 atom stereocenters. The molecule has 3 heterocycles. The van der Waals surface area contributed by atoms with Crippen LogP contribution < -0.4 is 15.5 Å². The van der Waals surface area contributed by atoms with Crippen molar-refractivity contribution in [1.29, 1.82) is 0 Å². The minimum atomic E-state index is 0.244. The van der Waals surface area contributed by atoms with Gasteiger partial charge in [0.1, 0.15) is 5.52 Å². The van der Waals surface area contributed by atoms with Crippen LogP contribution in [0.4, 0.5) is 17.5 Å². The molecule has 0 radical (unpaired) electrons. The maximum atomic E-state index is 5.94. The van der Waals surface area contributed by atoms with E-state index >= 15 is 0 Å². The van der Waals surface area contributed by atoms with Crippen molar-refractivity contribution >= 4 is 28.6 Å². The van der Waals surface area contributed by atoms with Crippen molar-refractivity contribution in [3.63, 3.8) is 0 Å². The van der Waals surface area contributed by atoms with Gasteiger partial charge in [-0.15, -0.1) is 0 Å². The van der Waals surface area contributed by atoms with Crippen LogP contribution in [0.15, 0.2) is 60.9 Å². The zero-order valence-electron chi connectivity index (χ0n) is 15.4. The number of para-hydroxylation sites is 1. The van der Waals surface area contributed by atoms with E-state index in [4.69, 9.17) is 5.73 Å². The lowest BCUT2D eigenvalue weighted by Crippen LogP contribution is -2.32. The molecule has 28 heavy (non-hydrogen) atoms. The van der Waals surface area contributed by atoms with Gasteiger partial charge in [-0.05, 0) is 17.2 Å². The van der Waals surface area contributed by atoms with E-state index in [2.05, 4.69) is 84.3 Å². The number of nitrogens with zero attached hydrogens (tertiary/aromatic N) is 5. The van der Waals surface area contributed by atoms with E-state index in [9.17, 15) is 0 Å². The number of benzene rings is 2. The fourth-order valence-corrected chi connectivity index (χ4v) is 3.81. The lowest BCUT2D eigenvalue weighted by atomic mass is 10.1. The highest BCUT2D eigenvalue weighted by Crippen LogP contribution is 2.30. The molecule has 7 nitrogen and oxygen atoms in total. The molecule has 1 aliphatic heterocycles. The van der Waals surface area contributed by atoms with E-state index in [0.29, 0.717) is 5.65 Å². The Morgan fingerprint density at radius 2 is 1.79 bits per heavy atom. The topological polar surface area (TPSA) is 87.0 Å². The van der Waals surface area contributed by atoms with Gasteiger partial charge >= 0.3 is 0 Å². The summed E-state index contributed by atoms with van der Waals surface area (Å²) < 4.78 is 0. The molecule has 0 aliphatic carbocycles. The van der Waals surface area contributed by atoms with Gasteiger partial charge in [-0.1, -0.05) is 48.5 Å². The Hall–Kier alpha value is -3.61. The van der Waals surface area contributed by atoms with Crippen molar-refractivity contribution in [2.45, 2.75) is 13.1 Å². The maximum absolute atomic E-state index is 5.94. The van der Waals surface area contributed by atoms with Crippen molar-refractivity contribution in [3.8, 4) is 0 Å². The van der Waals surface area contributed by atoms with E-state index in [1.165, 1.54) is 16.8 Å². The number of H-pyrrole nitrogens is 1. The number of hydrogen-bond donors (Lipinski definition) is 2. The smallest absolute Gasteiger partial charge is 0.224 e. The summed E-state index contributed by atoms with van der Waals surface area (Å²) >= 11 is 0. The van der Waals surface area contributed by atoms with Gasteiger partial charge in [0.2, 0.25) is 5.95 Å². The van der Waals surface area contributed by atoms with Crippen LogP contribution in [0.1, 0.15) is 11.1 Å². The Morgan fingerprint density at radius 3 is 2.68 bits per heavy atom. The molecule has 2 aromatic carbocycles. The normalized spacial score (nSPS) is 14.1. The number of anilines is 3. The number of nitrogens with one attached hydrogen (secondary N) is 1. The molecule has 0 unspecified atom stereocenters. The van der Waals surface area contributed by atoms with Crippen molar-refractivity contribution in [2.24, 2.45) is 0 Å². The zero-order chi connectivity index (χ0) is 18.9. The Morgan fingerprint density at radius 1 is 0.964 bits per heavy atom. The molecule has 0 fully saturated rings.